The van der Waals surface area contributed by atoms with E-state index in [9.17, 15) is 0 Å². The Labute approximate surface area is 114 Å². The van der Waals surface area contributed by atoms with Crippen LogP contribution in [0.15, 0.2) is 29.4 Å². The van der Waals surface area contributed by atoms with Crippen LogP contribution in [0, 0.1) is 0 Å². The van der Waals surface area contributed by atoms with Crippen molar-refractivity contribution >= 4 is 5.84 Å². The zero-order chi connectivity index (χ0) is 14.1. The average Bonchev–Trinajstić information content (AvgIpc) is 2.44. The van der Waals surface area contributed by atoms with Gasteiger partial charge in [-0.15, -0.1) is 0 Å². The normalized spacial score (nSPS) is 11.8. The molecule has 0 fully saturated rings. The molecule has 5 heteroatoms. The Kier molecular flexibility index (Phi) is 6.74. The van der Waals surface area contributed by atoms with Crippen molar-refractivity contribution in [3.63, 3.8) is 0 Å². The lowest BCUT2D eigenvalue weighted by atomic mass is 10.2. The maximum absolute atomic E-state index is 8.42. The van der Waals surface area contributed by atoms with E-state index >= 15 is 0 Å². The number of rotatable bonds is 8. The molecule has 0 aliphatic rings. The molecule has 0 radical (unpaired) electrons. The van der Waals surface area contributed by atoms with Crippen molar-refractivity contribution in [3.05, 3.63) is 29.8 Å². The largest absolute Gasteiger partial charge is 0.497 e. The van der Waals surface area contributed by atoms with Crippen LogP contribution in [0.5, 0.6) is 5.75 Å². The molecule has 0 amide bonds. The molecule has 0 aliphatic carbocycles. The third-order valence-electron chi connectivity index (χ3n) is 2.96. The van der Waals surface area contributed by atoms with Gasteiger partial charge in [0, 0.05) is 13.0 Å². The molecule has 0 atom stereocenters. The van der Waals surface area contributed by atoms with Crippen LogP contribution in [0.25, 0.3) is 0 Å². The molecule has 19 heavy (non-hydrogen) atoms. The van der Waals surface area contributed by atoms with Gasteiger partial charge in [0.05, 0.1) is 7.11 Å². The number of hydrogen-bond donors (Lipinski definition) is 2. The summed E-state index contributed by atoms with van der Waals surface area (Å²) in [5, 5.41) is 11.4. The molecule has 0 aliphatic heterocycles. The van der Waals surface area contributed by atoms with Gasteiger partial charge in [0.2, 0.25) is 0 Å². The molecule has 1 aromatic rings. The van der Waals surface area contributed by atoms with Gasteiger partial charge in [-0.05, 0) is 44.1 Å². The molecular formula is C14H23N3O2. The summed E-state index contributed by atoms with van der Waals surface area (Å²) < 4.78 is 5.13. The second-order valence-electron chi connectivity index (χ2n) is 4.63. The smallest absolute Gasteiger partial charge is 0.139 e. The number of nitrogens with two attached hydrogens (primary N) is 1. The lowest BCUT2D eigenvalue weighted by molar-refractivity contribution is 0.312. The fourth-order valence-corrected chi connectivity index (χ4v) is 1.86. The molecule has 0 bridgehead atoms. The van der Waals surface area contributed by atoms with Gasteiger partial charge < -0.3 is 20.6 Å². The summed E-state index contributed by atoms with van der Waals surface area (Å²) in [5.74, 6) is 1.18. The van der Waals surface area contributed by atoms with E-state index in [0.29, 0.717) is 12.3 Å². The first-order chi connectivity index (χ1) is 9.15. The van der Waals surface area contributed by atoms with E-state index in [4.69, 9.17) is 15.7 Å². The van der Waals surface area contributed by atoms with E-state index < -0.39 is 0 Å². The minimum Gasteiger partial charge on any atom is -0.497 e. The van der Waals surface area contributed by atoms with Crippen molar-refractivity contribution in [3.8, 4) is 5.75 Å². The number of methoxy groups -OCH3 is 1. The summed E-state index contributed by atoms with van der Waals surface area (Å²) in [6.45, 7) is 1.90. The van der Waals surface area contributed by atoms with Gasteiger partial charge in [-0.2, -0.15) is 0 Å². The first-order valence-corrected chi connectivity index (χ1v) is 6.43. The third-order valence-corrected chi connectivity index (χ3v) is 2.96. The van der Waals surface area contributed by atoms with Gasteiger partial charge in [0.15, 0.2) is 0 Å². The van der Waals surface area contributed by atoms with Gasteiger partial charge in [-0.3, -0.25) is 0 Å². The Hall–Kier alpha value is -1.75. The average molecular weight is 265 g/mol. The Balaban J connectivity index is 2.24. The number of nitrogens with zero attached hydrogens (tertiary/aromatic N) is 2. The van der Waals surface area contributed by atoms with Crippen molar-refractivity contribution in [2.75, 3.05) is 20.7 Å². The van der Waals surface area contributed by atoms with E-state index in [1.54, 1.807) is 7.11 Å². The number of oxime groups is 1. The molecule has 0 saturated heterocycles. The minimum absolute atomic E-state index is 0.304. The quantitative estimate of drug-likeness (QED) is 0.248. The molecule has 0 saturated carbocycles. The standard InChI is InChI=1S/C14H23N3O2/c1-17(10-4-3-5-14(15)16-18)11-12-6-8-13(19-2)9-7-12/h6-9,18H,3-5,10-11H2,1-2H3,(H2,15,16). The van der Waals surface area contributed by atoms with Crippen LogP contribution >= 0.6 is 0 Å². The number of amidine groups is 1. The summed E-state index contributed by atoms with van der Waals surface area (Å²) in [6.07, 6.45) is 2.61. The van der Waals surface area contributed by atoms with Crippen molar-refractivity contribution in [1.82, 2.24) is 4.90 Å². The summed E-state index contributed by atoms with van der Waals surface area (Å²) in [4.78, 5) is 2.26. The fourth-order valence-electron chi connectivity index (χ4n) is 1.86. The van der Waals surface area contributed by atoms with Crippen molar-refractivity contribution < 1.29 is 9.94 Å². The predicted molar refractivity (Wildman–Crippen MR) is 76.6 cm³/mol. The molecule has 106 valence electrons. The van der Waals surface area contributed by atoms with Gasteiger partial charge in [0.1, 0.15) is 11.6 Å². The summed E-state index contributed by atoms with van der Waals surface area (Å²) in [6, 6.07) is 8.10. The summed E-state index contributed by atoms with van der Waals surface area (Å²) in [5.41, 5.74) is 6.68. The van der Waals surface area contributed by atoms with Crippen molar-refractivity contribution in [1.29, 1.82) is 0 Å². The van der Waals surface area contributed by atoms with E-state index in [2.05, 4.69) is 29.2 Å². The fraction of sp³-hybridized carbons (Fsp3) is 0.500. The molecule has 3 N–H and O–H groups in total. The molecular weight excluding hydrogens is 242 g/mol. The lowest BCUT2D eigenvalue weighted by Gasteiger charge is -2.16. The second-order valence-corrected chi connectivity index (χ2v) is 4.63. The predicted octanol–water partition coefficient (Wildman–Crippen LogP) is 2.04. The van der Waals surface area contributed by atoms with E-state index in [1.807, 2.05) is 12.1 Å². The van der Waals surface area contributed by atoms with E-state index in [1.165, 1.54) is 5.56 Å². The zero-order valence-corrected chi connectivity index (χ0v) is 11.7. The molecule has 0 aromatic heterocycles. The van der Waals surface area contributed by atoms with Gasteiger partial charge >= 0.3 is 0 Å². The van der Waals surface area contributed by atoms with E-state index in [-0.39, 0.29) is 0 Å². The maximum atomic E-state index is 8.42. The molecule has 1 aromatic carbocycles. The highest BCUT2D eigenvalue weighted by Gasteiger charge is 2.01. The Morgan fingerprint density at radius 3 is 2.58 bits per heavy atom. The lowest BCUT2D eigenvalue weighted by Crippen LogP contribution is -2.19. The first kappa shape index (κ1) is 15.3. The first-order valence-electron chi connectivity index (χ1n) is 6.43. The molecule has 5 nitrogen and oxygen atoms in total. The molecule has 0 heterocycles. The van der Waals surface area contributed by atoms with Crippen LogP contribution in [0.1, 0.15) is 24.8 Å². The van der Waals surface area contributed by atoms with Crippen LogP contribution in [-0.2, 0) is 6.54 Å². The maximum Gasteiger partial charge on any atom is 0.139 e. The van der Waals surface area contributed by atoms with Crippen LogP contribution in [0.2, 0.25) is 0 Å². The SMILES string of the molecule is COc1ccc(CN(C)CCCCC(N)=NO)cc1. The molecule has 0 spiro atoms. The van der Waals surface area contributed by atoms with Crippen LogP contribution < -0.4 is 10.5 Å². The van der Waals surface area contributed by atoms with Crippen LogP contribution in [-0.4, -0.2) is 36.6 Å². The Morgan fingerprint density at radius 2 is 2.00 bits per heavy atom. The van der Waals surface area contributed by atoms with Crippen LogP contribution in [0.4, 0.5) is 0 Å². The van der Waals surface area contributed by atoms with Crippen molar-refractivity contribution in [2.45, 2.75) is 25.8 Å². The van der Waals surface area contributed by atoms with E-state index in [0.717, 1.165) is 31.7 Å². The van der Waals surface area contributed by atoms with Crippen molar-refractivity contribution in [2.24, 2.45) is 10.9 Å². The van der Waals surface area contributed by atoms with Gasteiger partial charge in [-0.25, -0.2) is 0 Å². The highest BCUT2D eigenvalue weighted by atomic mass is 16.5. The summed E-state index contributed by atoms with van der Waals surface area (Å²) in [7, 11) is 3.76. The highest BCUT2D eigenvalue weighted by molar-refractivity contribution is 5.79. The Bertz CT molecular complexity index is 390. The summed E-state index contributed by atoms with van der Waals surface area (Å²) >= 11 is 0. The topological polar surface area (TPSA) is 71.1 Å². The highest BCUT2D eigenvalue weighted by Crippen LogP contribution is 2.12. The monoisotopic (exact) mass is 265 g/mol. The molecule has 0 unspecified atom stereocenters. The number of ether oxygens (including phenoxy) is 1. The third kappa shape index (κ3) is 6.10. The number of unbranched alkanes of at least 4 members (excludes halogenated alkanes) is 1. The van der Waals surface area contributed by atoms with Gasteiger partial charge in [0.25, 0.3) is 0 Å². The van der Waals surface area contributed by atoms with Crippen LogP contribution in [0.3, 0.4) is 0 Å². The Morgan fingerprint density at radius 1 is 1.32 bits per heavy atom. The molecule has 1 rings (SSSR count). The zero-order valence-electron chi connectivity index (χ0n) is 11.7. The van der Waals surface area contributed by atoms with Gasteiger partial charge in [-0.1, -0.05) is 17.3 Å². The second kappa shape index (κ2) is 8.37. The number of benzene rings is 1. The minimum atomic E-state index is 0.304. The number of hydrogen-bond acceptors (Lipinski definition) is 4.